The van der Waals surface area contributed by atoms with Crippen LogP contribution in [-0.2, 0) is 6.54 Å². The van der Waals surface area contributed by atoms with Crippen molar-refractivity contribution in [2.45, 2.75) is 25.4 Å². The normalized spacial score (nSPS) is 17.0. The van der Waals surface area contributed by atoms with Crippen molar-refractivity contribution in [3.63, 3.8) is 0 Å². The number of hydrogen-bond donors (Lipinski definition) is 0. The number of methoxy groups -OCH3 is 4. The number of rotatable bonds is 7. The SMILES string of the molecule is COc1ccc(OC)c([C@H]2CCCN2Cc2cc(OC)c(OC)cc2Br)c1. The van der Waals surface area contributed by atoms with Gasteiger partial charge in [0.15, 0.2) is 11.5 Å². The maximum absolute atomic E-state index is 5.62. The molecule has 0 spiro atoms. The molecule has 146 valence electrons. The van der Waals surface area contributed by atoms with E-state index in [0.717, 1.165) is 53.4 Å². The Morgan fingerprint density at radius 1 is 0.926 bits per heavy atom. The fraction of sp³-hybridized carbons (Fsp3) is 0.429. The van der Waals surface area contributed by atoms with Gasteiger partial charge in [0.25, 0.3) is 0 Å². The molecular formula is C21H26BrNO4. The highest BCUT2D eigenvalue weighted by molar-refractivity contribution is 9.10. The zero-order chi connectivity index (χ0) is 19.4. The minimum Gasteiger partial charge on any atom is -0.497 e. The van der Waals surface area contributed by atoms with Gasteiger partial charge in [-0.2, -0.15) is 0 Å². The van der Waals surface area contributed by atoms with Gasteiger partial charge >= 0.3 is 0 Å². The van der Waals surface area contributed by atoms with E-state index >= 15 is 0 Å². The molecule has 3 rings (SSSR count). The van der Waals surface area contributed by atoms with Crippen molar-refractivity contribution in [3.8, 4) is 23.0 Å². The third-order valence-corrected chi connectivity index (χ3v) is 5.82. The van der Waals surface area contributed by atoms with E-state index in [4.69, 9.17) is 18.9 Å². The van der Waals surface area contributed by atoms with Crippen LogP contribution >= 0.6 is 15.9 Å². The van der Waals surface area contributed by atoms with E-state index in [2.05, 4.69) is 26.9 Å². The molecule has 0 aliphatic carbocycles. The van der Waals surface area contributed by atoms with Crippen molar-refractivity contribution in [1.82, 2.24) is 4.90 Å². The molecule has 0 unspecified atom stereocenters. The van der Waals surface area contributed by atoms with Crippen LogP contribution in [0.15, 0.2) is 34.8 Å². The van der Waals surface area contributed by atoms with Gasteiger partial charge < -0.3 is 18.9 Å². The highest BCUT2D eigenvalue weighted by Crippen LogP contribution is 2.41. The third-order valence-electron chi connectivity index (χ3n) is 5.09. The van der Waals surface area contributed by atoms with Gasteiger partial charge in [0.2, 0.25) is 0 Å². The quantitative estimate of drug-likeness (QED) is 0.623. The summed E-state index contributed by atoms with van der Waals surface area (Å²) in [5.41, 5.74) is 2.34. The molecule has 0 bridgehead atoms. The summed E-state index contributed by atoms with van der Waals surface area (Å²) in [6.45, 7) is 1.85. The summed E-state index contributed by atoms with van der Waals surface area (Å²) in [6, 6.07) is 10.3. The van der Waals surface area contributed by atoms with Gasteiger partial charge in [0.05, 0.1) is 28.4 Å². The molecule has 1 saturated heterocycles. The zero-order valence-corrected chi connectivity index (χ0v) is 17.8. The molecule has 5 nitrogen and oxygen atoms in total. The Hall–Kier alpha value is -1.92. The lowest BCUT2D eigenvalue weighted by atomic mass is 10.0. The Balaban J connectivity index is 1.90. The Morgan fingerprint density at radius 2 is 1.63 bits per heavy atom. The van der Waals surface area contributed by atoms with Crippen LogP contribution in [0.4, 0.5) is 0 Å². The summed E-state index contributed by atoms with van der Waals surface area (Å²) < 4.78 is 22.9. The summed E-state index contributed by atoms with van der Waals surface area (Å²) in [4.78, 5) is 2.48. The molecular weight excluding hydrogens is 410 g/mol. The molecule has 0 amide bonds. The number of halogens is 1. The Morgan fingerprint density at radius 3 is 2.30 bits per heavy atom. The first-order valence-electron chi connectivity index (χ1n) is 8.97. The summed E-state index contributed by atoms with van der Waals surface area (Å²) in [7, 11) is 6.72. The van der Waals surface area contributed by atoms with Gasteiger partial charge in [-0.3, -0.25) is 4.90 Å². The van der Waals surface area contributed by atoms with Gasteiger partial charge in [0.1, 0.15) is 11.5 Å². The molecule has 0 radical (unpaired) electrons. The van der Waals surface area contributed by atoms with Crippen LogP contribution in [0, 0.1) is 0 Å². The number of nitrogens with zero attached hydrogens (tertiary/aromatic N) is 1. The number of likely N-dealkylation sites (tertiary alicyclic amines) is 1. The first kappa shape index (κ1) is 19.8. The molecule has 2 aromatic rings. The Labute approximate surface area is 169 Å². The second-order valence-corrected chi connectivity index (χ2v) is 7.39. The van der Waals surface area contributed by atoms with Crippen LogP contribution in [0.3, 0.4) is 0 Å². The highest BCUT2D eigenvalue weighted by atomic mass is 79.9. The van der Waals surface area contributed by atoms with Crippen LogP contribution in [0.2, 0.25) is 0 Å². The topological polar surface area (TPSA) is 40.2 Å². The lowest BCUT2D eigenvalue weighted by molar-refractivity contribution is 0.241. The molecule has 1 fully saturated rings. The van der Waals surface area contributed by atoms with Crippen LogP contribution in [0.5, 0.6) is 23.0 Å². The van der Waals surface area contributed by atoms with Crippen molar-refractivity contribution in [3.05, 3.63) is 45.9 Å². The number of hydrogen-bond acceptors (Lipinski definition) is 5. The first-order valence-corrected chi connectivity index (χ1v) is 9.77. The minimum absolute atomic E-state index is 0.287. The monoisotopic (exact) mass is 435 g/mol. The van der Waals surface area contributed by atoms with Crippen molar-refractivity contribution < 1.29 is 18.9 Å². The molecule has 1 aliphatic rings. The zero-order valence-electron chi connectivity index (χ0n) is 16.3. The van der Waals surface area contributed by atoms with Gasteiger partial charge in [-0.15, -0.1) is 0 Å². The molecule has 0 N–H and O–H groups in total. The molecule has 1 heterocycles. The molecule has 2 aromatic carbocycles. The van der Waals surface area contributed by atoms with E-state index < -0.39 is 0 Å². The van der Waals surface area contributed by atoms with E-state index in [1.54, 1.807) is 28.4 Å². The summed E-state index contributed by atoms with van der Waals surface area (Å²) >= 11 is 3.68. The smallest absolute Gasteiger partial charge is 0.161 e. The molecule has 0 aromatic heterocycles. The maximum Gasteiger partial charge on any atom is 0.161 e. The van der Waals surface area contributed by atoms with Crippen LogP contribution in [-0.4, -0.2) is 39.9 Å². The summed E-state index contributed by atoms with van der Waals surface area (Å²) in [6.07, 6.45) is 2.24. The average molecular weight is 436 g/mol. The molecule has 6 heteroatoms. The summed E-state index contributed by atoms with van der Waals surface area (Å²) in [5, 5.41) is 0. The molecule has 27 heavy (non-hydrogen) atoms. The standard InChI is InChI=1S/C21H26BrNO4/c1-24-15-7-8-19(25-2)16(11-15)18-6-5-9-23(18)13-14-10-20(26-3)21(27-4)12-17(14)22/h7-8,10-12,18H,5-6,9,13H2,1-4H3/t18-/m1/s1. The number of benzene rings is 2. The minimum atomic E-state index is 0.287. The highest BCUT2D eigenvalue weighted by Gasteiger charge is 2.29. The predicted octanol–water partition coefficient (Wildman–Crippen LogP) is 4.82. The lowest BCUT2D eigenvalue weighted by Gasteiger charge is -2.27. The third kappa shape index (κ3) is 4.17. The maximum atomic E-state index is 5.62. The van der Waals surface area contributed by atoms with Crippen molar-refractivity contribution in [2.75, 3.05) is 35.0 Å². The molecule has 1 aliphatic heterocycles. The largest absolute Gasteiger partial charge is 0.497 e. The van der Waals surface area contributed by atoms with E-state index in [-0.39, 0.29) is 6.04 Å². The fourth-order valence-electron chi connectivity index (χ4n) is 3.70. The van der Waals surface area contributed by atoms with E-state index in [0.29, 0.717) is 0 Å². The Bertz CT molecular complexity index is 796. The number of ether oxygens (including phenoxy) is 4. The first-order chi connectivity index (χ1) is 13.1. The van der Waals surface area contributed by atoms with Crippen molar-refractivity contribution >= 4 is 15.9 Å². The van der Waals surface area contributed by atoms with Crippen LogP contribution in [0.1, 0.15) is 30.0 Å². The van der Waals surface area contributed by atoms with Crippen LogP contribution in [0.25, 0.3) is 0 Å². The second kappa shape index (κ2) is 8.85. The Kier molecular flexibility index (Phi) is 6.50. The second-order valence-electron chi connectivity index (χ2n) is 6.53. The van der Waals surface area contributed by atoms with Gasteiger partial charge in [-0.05, 0) is 55.3 Å². The van der Waals surface area contributed by atoms with Crippen molar-refractivity contribution in [2.24, 2.45) is 0 Å². The van der Waals surface area contributed by atoms with Crippen LogP contribution < -0.4 is 18.9 Å². The van der Waals surface area contributed by atoms with E-state index in [1.807, 2.05) is 24.3 Å². The molecule has 1 atom stereocenters. The van der Waals surface area contributed by atoms with Gasteiger partial charge in [0, 0.05) is 22.6 Å². The molecule has 0 saturated carbocycles. The van der Waals surface area contributed by atoms with Crippen molar-refractivity contribution in [1.29, 1.82) is 0 Å². The van der Waals surface area contributed by atoms with Gasteiger partial charge in [-0.1, -0.05) is 15.9 Å². The average Bonchev–Trinajstić information content (AvgIpc) is 3.16. The lowest BCUT2D eigenvalue weighted by Crippen LogP contribution is -2.23. The van der Waals surface area contributed by atoms with Gasteiger partial charge in [-0.25, -0.2) is 0 Å². The fourth-order valence-corrected chi connectivity index (χ4v) is 4.15. The summed E-state index contributed by atoms with van der Waals surface area (Å²) in [5.74, 6) is 3.22. The van der Waals surface area contributed by atoms with E-state index in [1.165, 1.54) is 11.1 Å². The predicted molar refractivity (Wildman–Crippen MR) is 109 cm³/mol. The van der Waals surface area contributed by atoms with E-state index in [9.17, 15) is 0 Å².